The van der Waals surface area contributed by atoms with Crippen molar-refractivity contribution < 1.29 is 15.0 Å². The van der Waals surface area contributed by atoms with Crippen molar-refractivity contribution in [3.63, 3.8) is 0 Å². The van der Waals surface area contributed by atoms with Crippen molar-refractivity contribution in [3.05, 3.63) is 20.2 Å². The van der Waals surface area contributed by atoms with E-state index >= 15 is 0 Å². The third-order valence-electron chi connectivity index (χ3n) is 1.70. The average molecular weight is 231 g/mol. The fraction of sp³-hybridized carbons (Fsp3) is 0.500. The molecule has 0 aliphatic rings. The lowest BCUT2D eigenvalue weighted by Crippen LogP contribution is -2.15. The van der Waals surface area contributed by atoms with Gasteiger partial charge in [0, 0.05) is 0 Å². The number of hydrogen-bond acceptors (Lipinski definition) is 7. The number of hydrogen-bond donors (Lipinski definition) is 2. The van der Waals surface area contributed by atoms with E-state index < -0.39 is 33.4 Å². The van der Waals surface area contributed by atoms with Gasteiger partial charge in [0.2, 0.25) is 5.69 Å². The Labute approximate surface area is 88.8 Å². The number of aliphatic hydroxyl groups excluding tert-OH is 1. The van der Waals surface area contributed by atoms with Gasteiger partial charge in [0.05, 0.1) is 0 Å². The van der Waals surface area contributed by atoms with Gasteiger partial charge in [-0.05, 0) is 21.5 Å². The zero-order chi connectivity index (χ0) is 12.5. The van der Waals surface area contributed by atoms with Crippen LogP contribution in [0.25, 0.3) is 0 Å². The van der Waals surface area contributed by atoms with Gasteiger partial charge in [-0.25, -0.2) is 0 Å². The number of nitrogens with one attached hydrogen (secondary N) is 1. The molecule has 0 aliphatic heterocycles. The summed E-state index contributed by atoms with van der Waals surface area (Å²) in [5, 5.41) is 35.9. The molecule has 10 heteroatoms. The van der Waals surface area contributed by atoms with Gasteiger partial charge < -0.3 is 30.7 Å². The van der Waals surface area contributed by atoms with Crippen LogP contribution in [0.3, 0.4) is 0 Å². The molecule has 0 saturated heterocycles. The van der Waals surface area contributed by atoms with E-state index in [1.807, 2.05) is 0 Å². The van der Waals surface area contributed by atoms with Gasteiger partial charge in [-0.3, -0.25) is 0 Å². The second-order valence-corrected chi connectivity index (χ2v) is 2.98. The summed E-state index contributed by atoms with van der Waals surface area (Å²) in [6, 6.07) is 0. The van der Waals surface area contributed by atoms with Crippen molar-refractivity contribution >= 4 is 17.3 Å². The standard InChI is InChI=1S/C6H9N5O5/c1-3(12)7-4-5(10(13)14)8-9(2)6(4)11(15)16/h3,7,12H,1-2H3. The maximum absolute atomic E-state index is 10.7. The Bertz CT molecular complexity index is 439. The molecule has 0 aliphatic carbocycles. The van der Waals surface area contributed by atoms with Crippen molar-refractivity contribution in [2.24, 2.45) is 7.05 Å². The second-order valence-electron chi connectivity index (χ2n) is 2.98. The minimum atomic E-state index is -1.17. The highest BCUT2D eigenvalue weighted by Crippen LogP contribution is 2.33. The smallest absolute Gasteiger partial charge is 0.374 e. The predicted molar refractivity (Wildman–Crippen MR) is 51.8 cm³/mol. The van der Waals surface area contributed by atoms with Crippen LogP contribution in [0.2, 0.25) is 0 Å². The Kier molecular flexibility index (Phi) is 3.04. The molecule has 16 heavy (non-hydrogen) atoms. The minimum Gasteiger partial charge on any atom is -0.374 e. The van der Waals surface area contributed by atoms with E-state index in [0.29, 0.717) is 0 Å². The summed E-state index contributed by atoms with van der Waals surface area (Å²) >= 11 is 0. The van der Waals surface area contributed by atoms with Crippen LogP contribution in [0.15, 0.2) is 0 Å². The lowest BCUT2D eigenvalue weighted by atomic mass is 10.4. The normalized spacial score (nSPS) is 12.2. The first-order valence-corrected chi connectivity index (χ1v) is 4.15. The molecule has 1 rings (SSSR count). The molecule has 1 unspecified atom stereocenters. The molecule has 0 aromatic carbocycles. The summed E-state index contributed by atoms with van der Waals surface area (Å²) < 4.78 is 0.767. The van der Waals surface area contributed by atoms with Crippen LogP contribution in [-0.4, -0.2) is 31.0 Å². The van der Waals surface area contributed by atoms with E-state index in [2.05, 4.69) is 10.4 Å². The molecule has 10 nitrogen and oxygen atoms in total. The SMILES string of the molecule is CC(O)Nc1c([N+](=O)[O-])nn(C)c1[N+](=O)[O-]. The topological polar surface area (TPSA) is 136 Å². The second kappa shape index (κ2) is 4.10. The molecule has 0 bridgehead atoms. The van der Waals surface area contributed by atoms with Crippen LogP contribution in [0.1, 0.15) is 6.92 Å². The van der Waals surface area contributed by atoms with Gasteiger partial charge in [-0.15, -0.1) is 0 Å². The van der Waals surface area contributed by atoms with Crippen LogP contribution in [-0.2, 0) is 7.05 Å². The number of aromatic nitrogens is 2. The van der Waals surface area contributed by atoms with Crippen molar-refractivity contribution in [2.75, 3.05) is 5.32 Å². The number of aliphatic hydroxyl groups is 1. The molecule has 0 saturated carbocycles. The van der Waals surface area contributed by atoms with Crippen LogP contribution in [0.4, 0.5) is 17.3 Å². The fourth-order valence-corrected chi connectivity index (χ4v) is 1.18. The first kappa shape index (κ1) is 11.8. The first-order valence-electron chi connectivity index (χ1n) is 4.15. The lowest BCUT2D eigenvalue weighted by molar-refractivity contribution is -0.393. The van der Waals surface area contributed by atoms with Crippen LogP contribution in [0, 0.1) is 20.2 Å². The minimum absolute atomic E-state index is 0.410. The zero-order valence-corrected chi connectivity index (χ0v) is 8.45. The third kappa shape index (κ3) is 2.06. The predicted octanol–water partition coefficient (Wildman–Crippen LogP) is -0.0133. The fourth-order valence-electron chi connectivity index (χ4n) is 1.18. The highest BCUT2D eigenvalue weighted by atomic mass is 16.6. The van der Waals surface area contributed by atoms with E-state index in [0.717, 1.165) is 4.68 Å². The Hall–Kier alpha value is -2.23. The van der Waals surface area contributed by atoms with Crippen molar-refractivity contribution in [1.82, 2.24) is 9.78 Å². The highest BCUT2D eigenvalue weighted by molar-refractivity contribution is 5.68. The summed E-state index contributed by atoms with van der Waals surface area (Å²) in [6.45, 7) is 1.28. The van der Waals surface area contributed by atoms with E-state index in [-0.39, 0.29) is 0 Å². The van der Waals surface area contributed by atoms with Gasteiger partial charge in [-0.1, -0.05) is 0 Å². The highest BCUT2D eigenvalue weighted by Gasteiger charge is 2.35. The molecule has 88 valence electrons. The van der Waals surface area contributed by atoms with E-state index in [1.165, 1.54) is 14.0 Å². The summed E-state index contributed by atoms with van der Waals surface area (Å²) in [7, 11) is 1.21. The number of nitrogens with zero attached hydrogens (tertiary/aromatic N) is 4. The molecule has 0 spiro atoms. The van der Waals surface area contributed by atoms with Crippen molar-refractivity contribution in [2.45, 2.75) is 13.2 Å². The first-order chi connectivity index (χ1) is 7.34. The lowest BCUT2D eigenvalue weighted by Gasteiger charge is -2.05. The molecule has 1 heterocycles. The summed E-state index contributed by atoms with van der Waals surface area (Å²) in [5.74, 6) is -1.28. The largest absolute Gasteiger partial charge is 0.443 e. The Morgan fingerprint density at radius 3 is 2.38 bits per heavy atom. The molecule has 0 amide bonds. The third-order valence-corrected chi connectivity index (χ3v) is 1.70. The Morgan fingerprint density at radius 1 is 1.44 bits per heavy atom. The van der Waals surface area contributed by atoms with Gasteiger partial charge in [0.1, 0.15) is 13.3 Å². The summed E-state index contributed by atoms with van der Waals surface area (Å²) in [5.41, 5.74) is -0.410. The Balaban J connectivity index is 3.36. The van der Waals surface area contributed by atoms with Gasteiger partial charge in [0.25, 0.3) is 0 Å². The van der Waals surface area contributed by atoms with Crippen molar-refractivity contribution in [3.8, 4) is 0 Å². The molecule has 1 aromatic rings. The summed E-state index contributed by atoms with van der Waals surface area (Å²) in [4.78, 5) is 19.6. The van der Waals surface area contributed by atoms with Crippen LogP contribution < -0.4 is 5.32 Å². The molecular weight excluding hydrogens is 222 g/mol. The Morgan fingerprint density at radius 2 is 2.00 bits per heavy atom. The molecule has 1 aromatic heterocycles. The quantitative estimate of drug-likeness (QED) is 0.422. The number of nitro groups is 2. The molecule has 2 N–H and O–H groups in total. The molecular formula is C6H9N5O5. The van der Waals surface area contributed by atoms with Gasteiger partial charge in [0.15, 0.2) is 5.10 Å². The number of rotatable bonds is 4. The molecule has 0 radical (unpaired) electrons. The number of aryl methyl sites for hydroxylation is 1. The maximum Gasteiger partial charge on any atom is 0.443 e. The van der Waals surface area contributed by atoms with Crippen LogP contribution in [0.5, 0.6) is 0 Å². The number of anilines is 1. The van der Waals surface area contributed by atoms with Crippen LogP contribution >= 0.6 is 0 Å². The van der Waals surface area contributed by atoms with Crippen molar-refractivity contribution in [1.29, 1.82) is 0 Å². The van der Waals surface area contributed by atoms with E-state index in [1.54, 1.807) is 0 Å². The summed E-state index contributed by atoms with van der Waals surface area (Å²) in [6.07, 6.45) is -1.17. The maximum atomic E-state index is 10.7. The van der Waals surface area contributed by atoms with Gasteiger partial charge >= 0.3 is 11.6 Å². The molecule has 0 fully saturated rings. The van der Waals surface area contributed by atoms with Gasteiger partial charge in [-0.2, -0.15) is 0 Å². The average Bonchev–Trinajstić information content (AvgIpc) is 2.41. The monoisotopic (exact) mass is 231 g/mol. The zero-order valence-electron chi connectivity index (χ0n) is 8.45. The molecule has 1 atom stereocenters. The van der Waals surface area contributed by atoms with E-state index in [4.69, 9.17) is 5.11 Å². The van der Waals surface area contributed by atoms with E-state index in [9.17, 15) is 20.2 Å².